The predicted molar refractivity (Wildman–Crippen MR) is 111 cm³/mol. The number of quaternary nitrogens is 2. The van der Waals surface area contributed by atoms with Gasteiger partial charge < -0.3 is 66.4 Å². The maximum Gasteiger partial charge on any atom is 0.306 e. The molecule has 0 heterocycles. The Morgan fingerprint density at radius 2 is 0.967 bits per heavy atom. The molecule has 0 radical (unpaired) electrons. The van der Waals surface area contributed by atoms with Gasteiger partial charge in [-0.05, 0) is 24.0 Å². The number of carbonyl (C=O) groups excluding carboxylic acids is 2. The molecule has 0 aliphatic rings. The van der Waals surface area contributed by atoms with Crippen LogP contribution >= 0.6 is 0 Å². The first-order valence-corrected chi connectivity index (χ1v) is 9.95. The van der Waals surface area contributed by atoms with E-state index in [1.165, 1.54) is 0 Å². The smallest absolute Gasteiger partial charge is 0.306 e. The number of hydrogen-bond acceptors (Lipinski definition) is 4. The summed E-state index contributed by atoms with van der Waals surface area (Å²) in [7, 11) is 12.4. The van der Waals surface area contributed by atoms with Crippen LogP contribution < -0.4 is 48.0 Å². The van der Waals surface area contributed by atoms with Crippen molar-refractivity contribution >= 4 is 11.9 Å². The second-order valence-electron chi connectivity index (χ2n) is 9.29. The van der Waals surface area contributed by atoms with Gasteiger partial charge in [-0.1, -0.05) is 24.3 Å². The lowest BCUT2D eigenvalue weighted by atomic mass is 10.0. The minimum atomic E-state index is -0.158. The van der Waals surface area contributed by atoms with Crippen molar-refractivity contribution in [1.29, 1.82) is 0 Å². The van der Waals surface area contributed by atoms with E-state index in [1.807, 2.05) is 24.3 Å². The zero-order chi connectivity index (χ0) is 21.2. The van der Waals surface area contributed by atoms with Gasteiger partial charge in [0.1, 0.15) is 26.3 Å². The molecule has 0 saturated heterocycles. The lowest BCUT2D eigenvalue weighted by Gasteiger charge is -2.23. The first-order valence-electron chi connectivity index (χ1n) is 9.95. The molecule has 0 N–H and O–H groups in total. The predicted octanol–water partition coefficient (Wildman–Crippen LogP) is -3.94. The number of nitrogens with zero attached hydrogens (tertiary/aromatic N) is 2. The Morgan fingerprint density at radius 3 is 1.23 bits per heavy atom. The van der Waals surface area contributed by atoms with Crippen molar-refractivity contribution in [1.82, 2.24) is 0 Å². The van der Waals surface area contributed by atoms with Gasteiger partial charge in [0.25, 0.3) is 0 Å². The van der Waals surface area contributed by atoms with Gasteiger partial charge in [-0.2, -0.15) is 0 Å². The van der Waals surface area contributed by atoms with Gasteiger partial charge >= 0.3 is 11.9 Å². The Balaban J connectivity index is 0. The minimum absolute atomic E-state index is 0. The van der Waals surface area contributed by atoms with Crippen LogP contribution in [0.2, 0.25) is 0 Å². The molecular formula is C22H38I2N2O4. The molecule has 0 aromatic heterocycles. The first kappa shape index (κ1) is 31.7. The fraction of sp³-hybridized carbons (Fsp3) is 0.636. The second-order valence-corrected chi connectivity index (χ2v) is 9.29. The third kappa shape index (κ3) is 17.2. The van der Waals surface area contributed by atoms with E-state index in [2.05, 4.69) is 42.3 Å². The van der Waals surface area contributed by atoms with E-state index in [4.69, 9.17) is 9.47 Å². The molecule has 1 aromatic carbocycles. The van der Waals surface area contributed by atoms with Crippen molar-refractivity contribution in [2.75, 3.05) is 68.6 Å². The lowest BCUT2D eigenvalue weighted by Crippen LogP contribution is -3.00. The van der Waals surface area contributed by atoms with Crippen LogP contribution in [0.5, 0.6) is 0 Å². The molecule has 30 heavy (non-hydrogen) atoms. The average molecular weight is 648 g/mol. The quantitative estimate of drug-likeness (QED) is 0.132. The highest BCUT2D eigenvalue weighted by Crippen LogP contribution is 2.10. The van der Waals surface area contributed by atoms with Crippen LogP contribution in [-0.4, -0.2) is 89.5 Å². The van der Waals surface area contributed by atoms with Crippen LogP contribution in [0.25, 0.3) is 0 Å². The summed E-state index contributed by atoms with van der Waals surface area (Å²) in [5, 5.41) is 0. The number of hydrogen-bond donors (Lipinski definition) is 0. The normalized spacial score (nSPS) is 11.1. The Morgan fingerprint density at radius 1 is 0.667 bits per heavy atom. The fourth-order valence-electron chi connectivity index (χ4n) is 2.38. The molecule has 0 aliphatic heterocycles. The van der Waals surface area contributed by atoms with Crippen molar-refractivity contribution in [3.63, 3.8) is 0 Å². The Bertz CT molecular complexity index is 569. The molecule has 8 heteroatoms. The van der Waals surface area contributed by atoms with E-state index in [-0.39, 0.29) is 59.9 Å². The number of likely N-dealkylation sites (N-methyl/N-ethyl adjacent to an activating group) is 2. The molecule has 0 bridgehead atoms. The maximum atomic E-state index is 11.8. The summed E-state index contributed by atoms with van der Waals surface area (Å²) in [4.78, 5) is 23.6. The summed E-state index contributed by atoms with van der Waals surface area (Å²) in [5.41, 5.74) is 2.19. The summed E-state index contributed by atoms with van der Waals surface area (Å²) in [6, 6.07) is 8.04. The minimum Gasteiger partial charge on any atom is -1.00 e. The van der Waals surface area contributed by atoms with Crippen molar-refractivity contribution < 1.29 is 76.0 Å². The summed E-state index contributed by atoms with van der Waals surface area (Å²) in [5.74, 6) is -0.316. The van der Waals surface area contributed by atoms with Gasteiger partial charge in [-0.25, -0.2) is 0 Å². The SMILES string of the molecule is C[N+](C)(C)CCOC(=O)CCc1ccc(CCC(=O)OCC[N+](C)(C)C)cc1.[I-].[I-]. The van der Waals surface area contributed by atoms with E-state index in [0.717, 1.165) is 33.2 Å². The molecule has 0 atom stereocenters. The van der Waals surface area contributed by atoms with E-state index in [0.29, 0.717) is 38.9 Å². The average Bonchev–Trinajstić information content (AvgIpc) is 2.57. The molecule has 0 fully saturated rings. The summed E-state index contributed by atoms with van der Waals surface area (Å²) in [6.45, 7) is 2.51. The summed E-state index contributed by atoms with van der Waals surface area (Å²) >= 11 is 0. The third-order valence-electron chi connectivity index (χ3n) is 4.31. The molecule has 174 valence electrons. The number of carbonyl (C=O) groups is 2. The van der Waals surface area contributed by atoms with Crippen molar-refractivity contribution in [2.24, 2.45) is 0 Å². The van der Waals surface area contributed by atoms with Crippen LogP contribution in [0.3, 0.4) is 0 Å². The second kappa shape index (κ2) is 15.4. The first-order chi connectivity index (χ1) is 12.9. The fourth-order valence-corrected chi connectivity index (χ4v) is 2.38. The van der Waals surface area contributed by atoms with Gasteiger partial charge in [-0.3, -0.25) is 9.59 Å². The standard InChI is InChI=1S/C22H38N2O4.2HI/c1-23(2,3)15-17-27-21(25)13-11-19-7-9-20(10-8-19)12-14-22(26)28-18-16-24(4,5)6;;/h7-10H,11-18H2,1-6H3;2*1H/q+2;;/p-2. The maximum absolute atomic E-state index is 11.8. The monoisotopic (exact) mass is 648 g/mol. The van der Waals surface area contributed by atoms with E-state index in [9.17, 15) is 9.59 Å². The number of aryl methyl sites for hydroxylation is 2. The highest BCUT2D eigenvalue weighted by atomic mass is 127. The molecule has 0 amide bonds. The Kier molecular flexibility index (Phi) is 16.2. The Labute approximate surface area is 216 Å². The molecule has 0 saturated carbocycles. The third-order valence-corrected chi connectivity index (χ3v) is 4.31. The molecule has 1 rings (SSSR count). The largest absolute Gasteiger partial charge is 1.00 e. The van der Waals surface area contributed by atoms with E-state index < -0.39 is 0 Å². The molecule has 0 unspecified atom stereocenters. The molecular weight excluding hydrogens is 610 g/mol. The number of halogens is 2. The van der Waals surface area contributed by atoms with Gasteiger partial charge in [0.15, 0.2) is 0 Å². The summed E-state index contributed by atoms with van der Waals surface area (Å²) < 4.78 is 12.1. The van der Waals surface area contributed by atoms with Crippen LogP contribution in [0, 0.1) is 0 Å². The Hall–Kier alpha value is -0.460. The summed E-state index contributed by atoms with van der Waals surface area (Å²) in [6.07, 6.45) is 2.09. The van der Waals surface area contributed by atoms with E-state index >= 15 is 0 Å². The van der Waals surface area contributed by atoms with Crippen LogP contribution in [0.4, 0.5) is 0 Å². The lowest BCUT2D eigenvalue weighted by molar-refractivity contribution is -0.870. The molecule has 1 aromatic rings. The van der Waals surface area contributed by atoms with Gasteiger partial charge in [-0.15, -0.1) is 0 Å². The van der Waals surface area contributed by atoms with Gasteiger partial charge in [0, 0.05) is 12.8 Å². The number of esters is 2. The number of ether oxygens (including phenoxy) is 2. The van der Waals surface area contributed by atoms with E-state index in [1.54, 1.807) is 0 Å². The number of benzene rings is 1. The zero-order valence-electron chi connectivity index (χ0n) is 19.2. The van der Waals surface area contributed by atoms with Crippen molar-refractivity contribution in [2.45, 2.75) is 25.7 Å². The van der Waals surface area contributed by atoms with Crippen LogP contribution in [-0.2, 0) is 31.9 Å². The van der Waals surface area contributed by atoms with Gasteiger partial charge in [0.05, 0.1) is 42.3 Å². The topological polar surface area (TPSA) is 52.6 Å². The zero-order valence-corrected chi connectivity index (χ0v) is 23.6. The molecule has 6 nitrogen and oxygen atoms in total. The number of rotatable bonds is 12. The highest BCUT2D eigenvalue weighted by Gasteiger charge is 2.11. The van der Waals surface area contributed by atoms with Crippen molar-refractivity contribution in [3.8, 4) is 0 Å². The molecule has 0 aliphatic carbocycles. The molecule has 0 spiro atoms. The van der Waals surface area contributed by atoms with Crippen LogP contribution in [0.15, 0.2) is 24.3 Å². The highest BCUT2D eigenvalue weighted by molar-refractivity contribution is 5.70. The van der Waals surface area contributed by atoms with Gasteiger partial charge in [0.2, 0.25) is 0 Å². The van der Waals surface area contributed by atoms with Crippen molar-refractivity contribution in [3.05, 3.63) is 35.4 Å². The van der Waals surface area contributed by atoms with Crippen LogP contribution in [0.1, 0.15) is 24.0 Å².